The second kappa shape index (κ2) is 9.75. The molecule has 2 aliphatic carbocycles. The van der Waals surface area contributed by atoms with Crippen LogP contribution in [0, 0.1) is 0 Å². The van der Waals surface area contributed by atoms with E-state index in [0.717, 1.165) is 47.5 Å². The van der Waals surface area contributed by atoms with Crippen LogP contribution in [-0.2, 0) is 5.41 Å². The molecule has 45 heavy (non-hydrogen) atoms. The van der Waals surface area contributed by atoms with Crippen molar-refractivity contribution in [2.75, 3.05) is 47.0 Å². The van der Waals surface area contributed by atoms with Gasteiger partial charge < -0.3 is 19.6 Å². The van der Waals surface area contributed by atoms with E-state index in [2.05, 4.69) is 129 Å². The summed E-state index contributed by atoms with van der Waals surface area (Å²) in [5.74, 6) is 3.57. The normalized spacial score (nSPS) is 17.5. The van der Waals surface area contributed by atoms with Crippen molar-refractivity contribution in [1.29, 1.82) is 0 Å². The molecule has 3 aromatic carbocycles. The molecule has 220 valence electrons. The Hall–Kier alpha value is -5.50. The lowest BCUT2D eigenvalue weighted by Crippen LogP contribution is -2.31. The molecule has 8 nitrogen and oxygen atoms in total. The molecule has 9 rings (SSSR count). The minimum Gasteiger partial charge on any atom is -0.338 e. The van der Waals surface area contributed by atoms with Crippen LogP contribution in [0.3, 0.4) is 0 Å². The third-order valence-electron chi connectivity index (χ3n) is 9.67. The summed E-state index contributed by atoms with van der Waals surface area (Å²) in [6.07, 6.45) is 13.9. The van der Waals surface area contributed by atoms with Crippen molar-refractivity contribution >= 4 is 40.2 Å². The second-order valence-corrected chi connectivity index (χ2v) is 12.2. The van der Waals surface area contributed by atoms with Crippen molar-refractivity contribution in [3.63, 3.8) is 0 Å². The summed E-state index contributed by atoms with van der Waals surface area (Å²) in [6, 6.07) is 27.1. The van der Waals surface area contributed by atoms with E-state index < -0.39 is 5.41 Å². The molecule has 0 bridgehead atoms. The first-order valence-electron chi connectivity index (χ1n) is 15.4. The van der Waals surface area contributed by atoms with Crippen LogP contribution >= 0.6 is 0 Å². The summed E-state index contributed by atoms with van der Waals surface area (Å²) in [7, 11) is 4.14. The molecule has 0 unspecified atom stereocenters. The van der Waals surface area contributed by atoms with Crippen molar-refractivity contribution < 1.29 is 0 Å². The Kier molecular flexibility index (Phi) is 5.63. The predicted molar refractivity (Wildman–Crippen MR) is 179 cm³/mol. The molecule has 0 fully saturated rings. The molecule has 2 aromatic heterocycles. The number of anilines is 6. The summed E-state index contributed by atoms with van der Waals surface area (Å²) < 4.78 is 0. The number of fused-ring (bicyclic) bond motifs is 4. The fraction of sp³-hybridized carbons (Fsp3) is 0.189. The van der Waals surface area contributed by atoms with Gasteiger partial charge in [0.25, 0.3) is 0 Å². The summed E-state index contributed by atoms with van der Waals surface area (Å²) in [5, 5.41) is 0. The smallest absolute Gasteiger partial charge is 0.178 e. The summed E-state index contributed by atoms with van der Waals surface area (Å²) in [5.41, 5.74) is 9.66. The molecule has 0 N–H and O–H groups in total. The fourth-order valence-electron chi connectivity index (χ4n) is 7.78. The van der Waals surface area contributed by atoms with E-state index in [1.165, 1.54) is 33.4 Å². The van der Waals surface area contributed by atoms with E-state index in [9.17, 15) is 0 Å². The molecule has 0 spiro atoms. The van der Waals surface area contributed by atoms with E-state index in [1.807, 2.05) is 0 Å². The maximum atomic E-state index is 4.73. The fourth-order valence-corrected chi connectivity index (χ4v) is 7.78. The number of rotatable bonds is 4. The molecule has 8 heteroatoms. The molecule has 4 heterocycles. The third-order valence-corrected chi connectivity index (χ3v) is 9.67. The quantitative estimate of drug-likeness (QED) is 0.227. The van der Waals surface area contributed by atoms with Crippen LogP contribution in [0.15, 0.2) is 115 Å². The van der Waals surface area contributed by atoms with Crippen LogP contribution in [0.25, 0.3) is 5.57 Å². The third kappa shape index (κ3) is 3.65. The Bertz CT molecular complexity index is 1950. The molecular weight excluding hydrogens is 556 g/mol. The van der Waals surface area contributed by atoms with Gasteiger partial charge in [0.2, 0.25) is 0 Å². The van der Waals surface area contributed by atoms with Gasteiger partial charge in [-0.3, -0.25) is 0 Å². The number of hydrogen-bond acceptors (Lipinski definition) is 8. The van der Waals surface area contributed by atoms with Crippen molar-refractivity contribution in [2.45, 2.75) is 18.3 Å². The zero-order valence-corrected chi connectivity index (χ0v) is 25.3. The molecule has 5 aromatic rings. The van der Waals surface area contributed by atoms with Gasteiger partial charge in [0, 0.05) is 50.3 Å². The van der Waals surface area contributed by atoms with Gasteiger partial charge in [-0.05, 0) is 70.5 Å². The molecule has 0 amide bonds. The van der Waals surface area contributed by atoms with Gasteiger partial charge >= 0.3 is 0 Å². The molecule has 0 saturated carbocycles. The van der Waals surface area contributed by atoms with Crippen molar-refractivity contribution in [3.8, 4) is 0 Å². The predicted octanol–water partition coefficient (Wildman–Crippen LogP) is 6.81. The average molecular weight is 589 g/mol. The molecule has 0 saturated heterocycles. The van der Waals surface area contributed by atoms with Crippen LogP contribution in [0.4, 0.5) is 34.6 Å². The van der Waals surface area contributed by atoms with Crippen molar-refractivity contribution in [1.82, 2.24) is 19.9 Å². The Morgan fingerprint density at radius 2 is 1.18 bits per heavy atom. The molecular formula is C37H32N8. The van der Waals surface area contributed by atoms with Crippen LogP contribution in [0.5, 0.6) is 0 Å². The molecule has 4 aliphatic rings. The number of benzene rings is 3. The highest BCUT2D eigenvalue weighted by atomic mass is 15.4. The lowest BCUT2D eigenvalue weighted by molar-refractivity contribution is 0.755. The second-order valence-electron chi connectivity index (χ2n) is 12.2. The Morgan fingerprint density at radius 1 is 0.622 bits per heavy atom. The minimum absolute atomic E-state index is 0.498. The summed E-state index contributed by atoms with van der Waals surface area (Å²) >= 11 is 0. The Balaban J connectivity index is 1.27. The lowest BCUT2D eigenvalue weighted by Gasteiger charge is -2.36. The van der Waals surface area contributed by atoms with Crippen LogP contribution in [-0.4, -0.2) is 47.4 Å². The monoisotopic (exact) mass is 588 g/mol. The average Bonchev–Trinajstić information content (AvgIpc) is 3.73. The van der Waals surface area contributed by atoms with Gasteiger partial charge in [0.05, 0.1) is 18.8 Å². The van der Waals surface area contributed by atoms with Crippen LogP contribution in [0.1, 0.15) is 35.1 Å². The first-order valence-corrected chi connectivity index (χ1v) is 15.4. The van der Waals surface area contributed by atoms with Gasteiger partial charge in [-0.1, -0.05) is 60.7 Å². The number of aromatic nitrogens is 4. The molecule has 0 radical (unpaired) electrons. The van der Waals surface area contributed by atoms with E-state index in [-0.39, 0.29) is 0 Å². The van der Waals surface area contributed by atoms with Gasteiger partial charge in [0.1, 0.15) is 0 Å². The maximum Gasteiger partial charge on any atom is 0.178 e. The van der Waals surface area contributed by atoms with Gasteiger partial charge in [0.15, 0.2) is 23.3 Å². The topological polar surface area (TPSA) is 64.5 Å². The zero-order valence-electron chi connectivity index (χ0n) is 25.3. The van der Waals surface area contributed by atoms with E-state index in [4.69, 9.17) is 9.97 Å². The van der Waals surface area contributed by atoms with Crippen LogP contribution in [0.2, 0.25) is 0 Å². The molecule has 2 aliphatic heterocycles. The largest absolute Gasteiger partial charge is 0.338 e. The highest BCUT2D eigenvalue weighted by Crippen LogP contribution is 2.58. The van der Waals surface area contributed by atoms with E-state index in [1.54, 1.807) is 24.8 Å². The zero-order chi connectivity index (χ0) is 30.1. The van der Waals surface area contributed by atoms with E-state index >= 15 is 0 Å². The van der Waals surface area contributed by atoms with Crippen molar-refractivity contribution in [3.05, 3.63) is 138 Å². The summed E-state index contributed by atoms with van der Waals surface area (Å²) in [4.78, 5) is 27.5. The number of allylic oxidation sites excluding steroid dienone is 4. The van der Waals surface area contributed by atoms with Crippen LogP contribution < -0.4 is 19.6 Å². The minimum atomic E-state index is -0.498. The number of nitrogens with zero attached hydrogens (tertiary/aromatic N) is 8. The number of hydrogen-bond donors (Lipinski definition) is 0. The first kappa shape index (κ1) is 25.9. The Labute approximate surface area is 262 Å². The van der Waals surface area contributed by atoms with Crippen molar-refractivity contribution in [2.24, 2.45) is 0 Å². The van der Waals surface area contributed by atoms with E-state index in [0.29, 0.717) is 13.3 Å². The first-order chi connectivity index (χ1) is 22.1. The highest BCUT2D eigenvalue weighted by Gasteiger charge is 2.47. The lowest BCUT2D eigenvalue weighted by atomic mass is 9.66. The summed E-state index contributed by atoms with van der Waals surface area (Å²) in [6.45, 7) is 1.39. The Morgan fingerprint density at radius 3 is 1.78 bits per heavy atom. The highest BCUT2D eigenvalue weighted by molar-refractivity contribution is 5.89. The van der Waals surface area contributed by atoms with Gasteiger partial charge in [-0.25, -0.2) is 19.9 Å². The molecule has 0 atom stereocenters. The standard InChI is InChI=1S/C37H32N8/c1-42-23-44(35-33(42)38-17-19-40-35)27-11-7-9-25(21-27)37(31-15-5-3-13-29(31)30-14-4-6-16-32(30)37)26-10-8-12-28(22-26)45-24-43(2)34-36(45)41-20-18-39-34/h3,5-13,15-22H,4,14,23-24H2,1-2H3. The van der Waals surface area contributed by atoms with Gasteiger partial charge in [-0.15, -0.1) is 0 Å². The SMILES string of the molecule is CN1CN(c2cccc(C3(c4cccc(N5CN(C)c6nccnc65)c4)C4=C(CCC=C4)c4ccccc43)c2)c2nccnc21. The van der Waals surface area contributed by atoms with Gasteiger partial charge in [-0.2, -0.15) is 0 Å². The maximum absolute atomic E-state index is 4.73.